The molecule has 2 aromatic carbocycles. The third-order valence-electron chi connectivity index (χ3n) is 2.47. The van der Waals surface area contributed by atoms with Crippen molar-refractivity contribution < 1.29 is 4.39 Å². The van der Waals surface area contributed by atoms with E-state index in [4.69, 9.17) is 41.2 Å². The molecular formula is C13H9Cl2FN2S. The molecule has 6 heteroatoms. The van der Waals surface area contributed by atoms with Gasteiger partial charge in [0.2, 0.25) is 0 Å². The Hall–Kier alpha value is -1.36. The summed E-state index contributed by atoms with van der Waals surface area (Å²) >= 11 is 16.8. The van der Waals surface area contributed by atoms with E-state index in [9.17, 15) is 4.39 Å². The molecule has 0 atom stereocenters. The Morgan fingerprint density at radius 3 is 2.47 bits per heavy atom. The lowest BCUT2D eigenvalue weighted by molar-refractivity contribution is 0.632. The van der Waals surface area contributed by atoms with Gasteiger partial charge in [-0.05, 0) is 30.3 Å². The maximum Gasteiger partial charge on any atom is 0.148 e. The predicted octanol–water partition coefficient (Wildman–Crippen LogP) is 4.51. The Bertz CT molecular complexity index is 626. The van der Waals surface area contributed by atoms with Crippen LogP contribution in [0.3, 0.4) is 0 Å². The zero-order valence-corrected chi connectivity index (χ0v) is 11.9. The summed E-state index contributed by atoms with van der Waals surface area (Å²) in [7, 11) is 0. The number of para-hydroxylation sites is 1. The zero-order chi connectivity index (χ0) is 14.0. The van der Waals surface area contributed by atoms with Crippen molar-refractivity contribution in [1.82, 2.24) is 0 Å². The summed E-state index contributed by atoms with van der Waals surface area (Å²) in [4.78, 5) is 0.209. The largest absolute Gasteiger partial charge is 0.389 e. The van der Waals surface area contributed by atoms with Crippen molar-refractivity contribution in [3.8, 4) is 0 Å². The first-order valence-electron chi connectivity index (χ1n) is 5.29. The first-order valence-corrected chi connectivity index (χ1v) is 6.46. The van der Waals surface area contributed by atoms with E-state index in [0.29, 0.717) is 16.3 Å². The number of anilines is 2. The number of nitrogens with one attached hydrogen (secondary N) is 1. The summed E-state index contributed by atoms with van der Waals surface area (Å²) in [5, 5.41) is 3.55. The van der Waals surface area contributed by atoms with Crippen LogP contribution in [0.25, 0.3) is 0 Å². The Morgan fingerprint density at radius 1 is 1.16 bits per heavy atom. The van der Waals surface area contributed by atoms with Gasteiger partial charge in [0.25, 0.3) is 0 Å². The van der Waals surface area contributed by atoms with Crippen LogP contribution in [-0.4, -0.2) is 4.99 Å². The second-order valence-corrected chi connectivity index (χ2v) is 5.03. The van der Waals surface area contributed by atoms with Gasteiger partial charge in [0.1, 0.15) is 10.8 Å². The van der Waals surface area contributed by atoms with Gasteiger partial charge >= 0.3 is 0 Å². The molecule has 0 bridgehead atoms. The number of rotatable bonds is 3. The predicted molar refractivity (Wildman–Crippen MR) is 82.0 cm³/mol. The summed E-state index contributed by atoms with van der Waals surface area (Å²) in [6.45, 7) is 0. The van der Waals surface area contributed by atoms with Crippen LogP contribution < -0.4 is 11.1 Å². The van der Waals surface area contributed by atoms with Gasteiger partial charge in [-0.25, -0.2) is 4.39 Å². The van der Waals surface area contributed by atoms with Gasteiger partial charge in [0.15, 0.2) is 0 Å². The van der Waals surface area contributed by atoms with Gasteiger partial charge in [-0.1, -0.05) is 41.5 Å². The lowest BCUT2D eigenvalue weighted by Gasteiger charge is -2.11. The third kappa shape index (κ3) is 3.15. The Balaban J connectivity index is 2.34. The molecule has 0 fully saturated rings. The van der Waals surface area contributed by atoms with Crippen molar-refractivity contribution in [2.24, 2.45) is 5.73 Å². The van der Waals surface area contributed by atoms with E-state index in [1.165, 1.54) is 12.1 Å². The number of hydrogen-bond donors (Lipinski definition) is 2. The van der Waals surface area contributed by atoms with Crippen LogP contribution in [0, 0.1) is 5.82 Å². The fraction of sp³-hybridized carbons (Fsp3) is 0. The van der Waals surface area contributed by atoms with Crippen molar-refractivity contribution in [3.63, 3.8) is 0 Å². The minimum absolute atomic E-state index is 0.198. The van der Waals surface area contributed by atoms with Crippen LogP contribution in [0.4, 0.5) is 15.8 Å². The van der Waals surface area contributed by atoms with Gasteiger partial charge < -0.3 is 11.1 Å². The van der Waals surface area contributed by atoms with Gasteiger partial charge in [-0.15, -0.1) is 0 Å². The average molecular weight is 315 g/mol. The molecule has 0 unspecified atom stereocenters. The highest BCUT2D eigenvalue weighted by Crippen LogP contribution is 2.30. The molecule has 0 aliphatic heterocycles. The number of thiocarbonyl (C=S) groups is 1. The Kier molecular flexibility index (Phi) is 4.24. The van der Waals surface area contributed by atoms with Crippen LogP contribution >= 0.6 is 35.4 Å². The molecule has 0 radical (unpaired) electrons. The van der Waals surface area contributed by atoms with E-state index in [1.54, 1.807) is 24.3 Å². The van der Waals surface area contributed by atoms with Crippen LogP contribution in [0.2, 0.25) is 10.0 Å². The number of halogens is 3. The standard InChI is InChI=1S/C13H9Cl2FN2S/c14-9-2-1-3-11(16)12(9)18-7-4-5-8(13(17)19)10(15)6-7/h1-6,18H,(H2,17,19). The summed E-state index contributed by atoms with van der Waals surface area (Å²) in [6, 6.07) is 9.42. The van der Waals surface area contributed by atoms with E-state index >= 15 is 0 Å². The molecule has 2 aromatic rings. The molecule has 0 aliphatic carbocycles. The van der Waals surface area contributed by atoms with E-state index in [1.807, 2.05) is 0 Å². The minimum Gasteiger partial charge on any atom is -0.389 e. The highest BCUT2D eigenvalue weighted by molar-refractivity contribution is 7.80. The van der Waals surface area contributed by atoms with Crippen LogP contribution in [0.15, 0.2) is 36.4 Å². The molecule has 0 saturated carbocycles. The molecule has 0 spiro atoms. The third-order valence-corrected chi connectivity index (χ3v) is 3.31. The van der Waals surface area contributed by atoms with Gasteiger partial charge in [-0.3, -0.25) is 0 Å². The quantitative estimate of drug-likeness (QED) is 0.819. The second-order valence-electron chi connectivity index (χ2n) is 3.78. The summed E-state index contributed by atoms with van der Waals surface area (Å²) in [5.41, 5.74) is 6.87. The molecular weight excluding hydrogens is 306 g/mol. The lowest BCUT2D eigenvalue weighted by Crippen LogP contribution is -2.10. The van der Waals surface area contributed by atoms with E-state index in [-0.39, 0.29) is 15.7 Å². The van der Waals surface area contributed by atoms with Crippen molar-refractivity contribution >= 4 is 51.8 Å². The van der Waals surface area contributed by atoms with Crippen molar-refractivity contribution in [3.05, 3.63) is 57.8 Å². The van der Waals surface area contributed by atoms with E-state index in [0.717, 1.165) is 0 Å². The van der Waals surface area contributed by atoms with E-state index < -0.39 is 5.82 Å². The smallest absolute Gasteiger partial charge is 0.148 e. The highest BCUT2D eigenvalue weighted by Gasteiger charge is 2.09. The van der Waals surface area contributed by atoms with Gasteiger partial charge in [0.05, 0.1) is 15.7 Å². The van der Waals surface area contributed by atoms with Gasteiger partial charge in [0, 0.05) is 11.3 Å². The minimum atomic E-state index is -0.443. The Labute approximate surface area is 125 Å². The molecule has 0 aromatic heterocycles. The summed E-state index contributed by atoms with van der Waals surface area (Å²) in [5.74, 6) is -0.443. The molecule has 2 rings (SSSR count). The summed E-state index contributed by atoms with van der Waals surface area (Å²) < 4.78 is 13.6. The SMILES string of the molecule is NC(=S)c1ccc(Nc2c(F)cccc2Cl)cc1Cl. The molecule has 0 saturated heterocycles. The maximum absolute atomic E-state index is 13.6. The lowest BCUT2D eigenvalue weighted by atomic mass is 10.2. The van der Waals surface area contributed by atoms with Crippen LogP contribution in [0.1, 0.15) is 5.56 Å². The van der Waals surface area contributed by atoms with E-state index in [2.05, 4.69) is 5.32 Å². The second kappa shape index (κ2) is 5.74. The molecule has 98 valence electrons. The van der Waals surface area contributed by atoms with Crippen LogP contribution in [-0.2, 0) is 0 Å². The topological polar surface area (TPSA) is 38.0 Å². The molecule has 3 N–H and O–H groups in total. The van der Waals surface area contributed by atoms with Crippen molar-refractivity contribution in [1.29, 1.82) is 0 Å². The Morgan fingerprint density at radius 2 is 1.89 bits per heavy atom. The van der Waals surface area contributed by atoms with Crippen LogP contribution in [0.5, 0.6) is 0 Å². The summed E-state index contributed by atoms with van der Waals surface area (Å²) in [6.07, 6.45) is 0. The number of benzene rings is 2. The molecule has 2 nitrogen and oxygen atoms in total. The normalized spacial score (nSPS) is 10.3. The first-order chi connectivity index (χ1) is 8.99. The molecule has 0 aliphatic rings. The first kappa shape index (κ1) is 14.1. The monoisotopic (exact) mass is 314 g/mol. The highest BCUT2D eigenvalue weighted by atomic mass is 35.5. The van der Waals surface area contributed by atoms with Crippen molar-refractivity contribution in [2.45, 2.75) is 0 Å². The average Bonchev–Trinajstić information content (AvgIpc) is 2.33. The number of hydrogen-bond acceptors (Lipinski definition) is 2. The zero-order valence-electron chi connectivity index (χ0n) is 9.58. The fourth-order valence-corrected chi connectivity index (χ4v) is 2.28. The fourth-order valence-electron chi connectivity index (χ4n) is 1.55. The van der Waals surface area contributed by atoms with Gasteiger partial charge in [-0.2, -0.15) is 0 Å². The molecule has 0 amide bonds. The molecule has 19 heavy (non-hydrogen) atoms. The number of nitrogens with two attached hydrogens (primary N) is 1. The molecule has 0 heterocycles. The van der Waals surface area contributed by atoms with Crippen molar-refractivity contribution in [2.75, 3.05) is 5.32 Å². The maximum atomic E-state index is 13.6.